The normalized spacial score (nSPS) is 12.7. The second-order valence-electron chi connectivity index (χ2n) is 9.60. The number of hydrogen-bond acceptors (Lipinski definition) is 4. The third-order valence-electron chi connectivity index (χ3n) is 5.62. The van der Waals surface area contributed by atoms with Crippen LogP contribution in [0.2, 0.25) is 37.3 Å². The second-order valence-corrected chi connectivity index (χ2v) is 18.6. The summed E-state index contributed by atoms with van der Waals surface area (Å²) in [7, 11) is -3.64. The number of carbonyl (C=O) groups excluding carboxylic acids is 1. The predicted octanol–water partition coefficient (Wildman–Crippen LogP) is 6.06. The van der Waals surface area contributed by atoms with E-state index in [4.69, 9.17) is 8.85 Å². The summed E-state index contributed by atoms with van der Waals surface area (Å²) in [6.07, 6.45) is 1.50. The molecule has 160 valence electrons. The van der Waals surface area contributed by atoms with E-state index >= 15 is 0 Å². The summed E-state index contributed by atoms with van der Waals surface area (Å²) in [5.41, 5.74) is 1.17. The van der Waals surface area contributed by atoms with Gasteiger partial charge < -0.3 is 13.8 Å². The number of nitrogens with zero attached hydrogens (tertiary/aromatic N) is 1. The van der Waals surface area contributed by atoms with Crippen molar-refractivity contribution in [3.63, 3.8) is 0 Å². The number of benzene rings is 1. The molecule has 0 heterocycles. The van der Waals surface area contributed by atoms with Crippen molar-refractivity contribution in [3.05, 3.63) is 30.3 Å². The van der Waals surface area contributed by atoms with E-state index in [1.165, 1.54) is 5.69 Å². The molecule has 0 aliphatic rings. The van der Waals surface area contributed by atoms with Crippen molar-refractivity contribution in [1.82, 2.24) is 0 Å². The van der Waals surface area contributed by atoms with Crippen molar-refractivity contribution < 1.29 is 13.6 Å². The fraction of sp³-hybridized carbons (Fsp3) is 0.682. The average Bonchev–Trinajstić information content (AvgIpc) is 2.57. The summed E-state index contributed by atoms with van der Waals surface area (Å²) in [5, 5.41) is 0.0390. The molecule has 0 bridgehead atoms. The molecule has 1 aromatic rings. The SMILES string of the molecule is CCO[Si](C)(C)CCCN(CCC(=O)O[Si](C)(C)C(C)(C)C)c1ccccc1. The molecule has 28 heavy (non-hydrogen) atoms. The standard InChI is InChI=1S/C22H41NO3Si2/c1-9-25-27(5,6)19-13-17-23(20-14-11-10-12-15-20)18-16-21(24)26-28(7,8)22(2,3)4/h10-12,14-15H,9,13,16-19H2,1-8H3. The molecule has 0 N–H and O–H groups in total. The molecule has 0 aliphatic carbocycles. The monoisotopic (exact) mass is 423 g/mol. The lowest BCUT2D eigenvalue weighted by molar-refractivity contribution is -0.135. The van der Waals surface area contributed by atoms with Crippen LogP contribution in [0.3, 0.4) is 0 Å². The van der Waals surface area contributed by atoms with Crippen LogP contribution in [0.15, 0.2) is 30.3 Å². The predicted molar refractivity (Wildman–Crippen MR) is 125 cm³/mol. The van der Waals surface area contributed by atoms with Gasteiger partial charge in [0.1, 0.15) is 0 Å². The summed E-state index contributed by atoms with van der Waals surface area (Å²) in [6, 6.07) is 11.5. The third-order valence-corrected chi connectivity index (χ3v) is 12.6. The summed E-state index contributed by atoms with van der Waals surface area (Å²) < 4.78 is 11.9. The number of carbonyl (C=O) groups is 1. The lowest BCUT2D eigenvalue weighted by Gasteiger charge is -2.35. The molecule has 0 radical (unpaired) electrons. The highest BCUT2D eigenvalue weighted by Crippen LogP contribution is 2.36. The highest BCUT2D eigenvalue weighted by Gasteiger charge is 2.40. The van der Waals surface area contributed by atoms with Crippen molar-refractivity contribution in [2.24, 2.45) is 0 Å². The van der Waals surface area contributed by atoms with E-state index in [9.17, 15) is 4.79 Å². The van der Waals surface area contributed by atoms with Gasteiger partial charge >= 0.3 is 0 Å². The first kappa shape index (κ1) is 24.9. The number of para-hydroxylation sites is 1. The molecule has 6 heteroatoms. The fourth-order valence-electron chi connectivity index (χ4n) is 2.88. The van der Waals surface area contributed by atoms with E-state index in [1.807, 2.05) is 6.07 Å². The van der Waals surface area contributed by atoms with E-state index in [2.05, 4.69) is 83.0 Å². The van der Waals surface area contributed by atoms with Gasteiger partial charge in [0, 0.05) is 25.4 Å². The molecule has 1 aromatic carbocycles. The Balaban J connectivity index is 2.68. The molecule has 0 saturated heterocycles. The van der Waals surface area contributed by atoms with Crippen molar-refractivity contribution in [2.75, 3.05) is 24.6 Å². The van der Waals surface area contributed by atoms with Crippen LogP contribution in [-0.4, -0.2) is 42.3 Å². The van der Waals surface area contributed by atoms with E-state index in [0.717, 1.165) is 25.6 Å². The number of hydrogen-bond donors (Lipinski definition) is 0. The van der Waals surface area contributed by atoms with Crippen molar-refractivity contribution in [3.8, 4) is 0 Å². The molecular formula is C22H41NO3Si2. The van der Waals surface area contributed by atoms with Crippen LogP contribution in [0.5, 0.6) is 0 Å². The molecule has 4 nitrogen and oxygen atoms in total. The van der Waals surface area contributed by atoms with Crippen LogP contribution in [0.4, 0.5) is 5.69 Å². The molecule has 0 aliphatic heterocycles. The zero-order valence-electron chi connectivity index (χ0n) is 19.3. The quantitative estimate of drug-likeness (QED) is 0.405. The first-order chi connectivity index (χ1) is 12.9. The first-order valence-corrected chi connectivity index (χ1v) is 16.6. The van der Waals surface area contributed by atoms with Crippen LogP contribution in [-0.2, 0) is 13.6 Å². The highest BCUT2D eigenvalue weighted by atomic mass is 28.4. The average molecular weight is 424 g/mol. The molecular weight excluding hydrogens is 382 g/mol. The van der Waals surface area contributed by atoms with Crippen molar-refractivity contribution in [2.45, 2.75) is 77.8 Å². The summed E-state index contributed by atoms with van der Waals surface area (Å²) in [5.74, 6) is -0.0726. The lowest BCUT2D eigenvalue weighted by atomic mass is 10.2. The number of anilines is 1. The third kappa shape index (κ3) is 8.49. The highest BCUT2D eigenvalue weighted by molar-refractivity contribution is 6.75. The minimum absolute atomic E-state index is 0.0390. The Hall–Kier alpha value is -1.12. The molecule has 0 spiro atoms. The van der Waals surface area contributed by atoms with Crippen LogP contribution in [0.1, 0.15) is 40.5 Å². The van der Waals surface area contributed by atoms with Gasteiger partial charge in [0.15, 0.2) is 8.32 Å². The van der Waals surface area contributed by atoms with Crippen molar-refractivity contribution >= 4 is 28.3 Å². The Morgan fingerprint density at radius 2 is 1.64 bits per heavy atom. The first-order valence-electron chi connectivity index (χ1n) is 10.5. The molecule has 0 unspecified atom stereocenters. The summed E-state index contributed by atoms with van der Waals surface area (Å²) in [4.78, 5) is 14.8. The summed E-state index contributed by atoms with van der Waals surface area (Å²) >= 11 is 0. The van der Waals surface area contributed by atoms with Crippen molar-refractivity contribution in [1.29, 1.82) is 0 Å². The smallest absolute Gasteiger partial charge is 0.294 e. The lowest BCUT2D eigenvalue weighted by Crippen LogP contribution is -2.43. The van der Waals surface area contributed by atoms with Gasteiger partial charge in [-0.15, -0.1) is 0 Å². The molecule has 0 amide bonds. The van der Waals surface area contributed by atoms with Gasteiger partial charge in [-0.2, -0.15) is 0 Å². The number of rotatable bonds is 11. The van der Waals surface area contributed by atoms with E-state index in [1.54, 1.807) is 0 Å². The van der Waals surface area contributed by atoms with Gasteiger partial charge in [0.25, 0.3) is 14.3 Å². The van der Waals surface area contributed by atoms with Crippen LogP contribution < -0.4 is 4.90 Å². The molecule has 0 fully saturated rings. The fourth-order valence-corrected chi connectivity index (χ4v) is 5.80. The maximum Gasteiger partial charge on any atom is 0.294 e. The van der Waals surface area contributed by atoms with Gasteiger partial charge in [0.05, 0.1) is 6.42 Å². The Labute approximate surface area is 174 Å². The Morgan fingerprint density at radius 3 is 2.18 bits per heavy atom. The van der Waals surface area contributed by atoms with Gasteiger partial charge in [-0.3, -0.25) is 4.79 Å². The molecule has 0 aromatic heterocycles. The largest absolute Gasteiger partial charge is 0.519 e. The zero-order chi connectivity index (χ0) is 21.4. The van der Waals surface area contributed by atoms with Crippen LogP contribution in [0.25, 0.3) is 0 Å². The maximum absolute atomic E-state index is 12.5. The van der Waals surface area contributed by atoms with Gasteiger partial charge in [-0.1, -0.05) is 39.0 Å². The van der Waals surface area contributed by atoms with Crippen LogP contribution in [0, 0.1) is 0 Å². The zero-order valence-corrected chi connectivity index (χ0v) is 21.3. The maximum atomic E-state index is 12.5. The second kappa shape index (κ2) is 10.6. The minimum atomic E-state index is -2.06. The Bertz CT molecular complexity index is 598. The van der Waals surface area contributed by atoms with Crippen LogP contribution >= 0.6 is 0 Å². The van der Waals surface area contributed by atoms with Gasteiger partial charge in [-0.05, 0) is 62.7 Å². The van der Waals surface area contributed by atoms with E-state index in [-0.39, 0.29) is 11.0 Å². The molecule has 0 saturated carbocycles. The van der Waals surface area contributed by atoms with Gasteiger partial charge in [-0.25, -0.2) is 0 Å². The molecule has 0 atom stereocenters. The van der Waals surface area contributed by atoms with E-state index < -0.39 is 16.6 Å². The van der Waals surface area contributed by atoms with E-state index in [0.29, 0.717) is 13.0 Å². The topological polar surface area (TPSA) is 38.8 Å². The Morgan fingerprint density at radius 1 is 1.04 bits per heavy atom. The molecule has 1 rings (SSSR count). The Kier molecular flexibility index (Phi) is 9.43. The van der Waals surface area contributed by atoms with Gasteiger partial charge in [0.2, 0.25) is 0 Å². The summed E-state index contributed by atoms with van der Waals surface area (Å²) in [6.45, 7) is 19.8. The minimum Gasteiger partial charge on any atom is -0.519 e.